The third-order valence-electron chi connectivity index (χ3n) is 6.75. The molecule has 0 aromatic rings. The maximum atomic E-state index is 5.66. The minimum Gasteiger partial charge on any atom is -0.377 e. The maximum absolute atomic E-state index is 5.66. The lowest BCUT2D eigenvalue weighted by atomic mass is 9.69. The third kappa shape index (κ3) is 7.30. The van der Waals surface area contributed by atoms with Crippen LogP contribution in [0.3, 0.4) is 0 Å². The van der Waals surface area contributed by atoms with Crippen LogP contribution < -0.4 is 0 Å². The lowest BCUT2D eigenvalue weighted by Gasteiger charge is -2.38. The average Bonchev–Trinajstić information content (AvgIpc) is 2.63. The molecule has 1 heteroatoms. The monoisotopic (exact) mass is 334 g/mol. The summed E-state index contributed by atoms with van der Waals surface area (Å²) in [6.07, 6.45) is 22.5. The van der Waals surface area contributed by atoms with Crippen LogP contribution in [0.15, 0.2) is 12.7 Å². The predicted octanol–water partition coefficient (Wildman–Crippen LogP) is 7.16. The molecule has 0 spiro atoms. The molecule has 2 fully saturated rings. The van der Waals surface area contributed by atoms with E-state index in [2.05, 4.69) is 13.5 Å². The lowest BCUT2D eigenvalue weighted by Crippen LogP contribution is -2.27. The van der Waals surface area contributed by atoms with E-state index in [1.807, 2.05) is 6.08 Å². The molecule has 0 amide bonds. The van der Waals surface area contributed by atoms with Crippen LogP contribution in [0.25, 0.3) is 0 Å². The highest BCUT2D eigenvalue weighted by atomic mass is 16.5. The van der Waals surface area contributed by atoms with E-state index in [4.69, 9.17) is 4.74 Å². The zero-order valence-electron chi connectivity index (χ0n) is 16.3. The fourth-order valence-electron chi connectivity index (χ4n) is 5.13. The zero-order chi connectivity index (χ0) is 17.0. The third-order valence-corrected chi connectivity index (χ3v) is 6.75. The van der Waals surface area contributed by atoms with E-state index in [9.17, 15) is 0 Å². The van der Waals surface area contributed by atoms with Crippen molar-refractivity contribution in [2.75, 3.05) is 13.2 Å². The van der Waals surface area contributed by atoms with E-state index in [-0.39, 0.29) is 0 Å². The van der Waals surface area contributed by atoms with Crippen LogP contribution in [-0.4, -0.2) is 13.2 Å². The van der Waals surface area contributed by atoms with Gasteiger partial charge in [-0.2, -0.15) is 0 Å². The molecule has 0 aromatic heterocycles. The second kappa shape index (κ2) is 12.1. The molecule has 1 nitrogen and oxygen atoms in total. The Bertz CT molecular complexity index is 308. The standard InChI is InChI=1S/C23H42O/c1-3-5-6-7-8-9-20-10-14-22(15-11-20)23-16-12-21(13-17-23)19-24-18-4-2/h4,20-23H,2-3,5-19H2,1H3. The first-order valence-electron chi connectivity index (χ1n) is 11.0. The van der Waals surface area contributed by atoms with Gasteiger partial charge in [0, 0.05) is 6.61 Å². The second-order valence-electron chi connectivity index (χ2n) is 8.59. The Hall–Kier alpha value is -0.300. The van der Waals surface area contributed by atoms with Crippen LogP contribution in [-0.2, 0) is 4.74 Å². The van der Waals surface area contributed by atoms with Gasteiger partial charge in [0.15, 0.2) is 0 Å². The summed E-state index contributed by atoms with van der Waals surface area (Å²) in [5, 5.41) is 0. The lowest BCUT2D eigenvalue weighted by molar-refractivity contribution is 0.0779. The van der Waals surface area contributed by atoms with Crippen molar-refractivity contribution < 1.29 is 4.74 Å². The number of unbranched alkanes of at least 4 members (excludes halogenated alkanes) is 4. The second-order valence-corrected chi connectivity index (χ2v) is 8.59. The van der Waals surface area contributed by atoms with Crippen LogP contribution in [0.5, 0.6) is 0 Å². The Balaban J connectivity index is 1.54. The van der Waals surface area contributed by atoms with Gasteiger partial charge in [0.05, 0.1) is 6.61 Å². The first-order valence-corrected chi connectivity index (χ1v) is 11.0. The number of rotatable bonds is 11. The van der Waals surface area contributed by atoms with Gasteiger partial charge in [-0.25, -0.2) is 0 Å². The van der Waals surface area contributed by atoms with Crippen molar-refractivity contribution in [3.05, 3.63) is 12.7 Å². The summed E-state index contributed by atoms with van der Waals surface area (Å²) in [5.74, 6) is 3.97. The van der Waals surface area contributed by atoms with Crippen molar-refractivity contribution in [2.24, 2.45) is 23.7 Å². The van der Waals surface area contributed by atoms with Crippen molar-refractivity contribution in [1.82, 2.24) is 0 Å². The van der Waals surface area contributed by atoms with E-state index in [0.717, 1.165) is 36.9 Å². The number of ether oxygens (including phenoxy) is 1. The van der Waals surface area contributed by atoms with E-state index < -0.39 is 0 Å². The Labute approximate surface area is 151 Å². The summed E-state index contributed by atoms with van der Waals surface area (Å²) in [6.45, 7) is 7.72. The van der Waals surface area contributed by atoms with Crippen molar-refractivity contribution in [1.29, 1.82) is 0 Å². The van der Waals surface area contributed by atoms with E-state index >= 15 is 0 Å². The molecule has 0 saturated heterocycles. The normalized spacial score (nSPS) is 31.0. The maximum Gasteiger partial charge on any atom is 0.0644 e. The van der Waals surface area contributed by atoms with Crippen molar-refractivity contribution in [3.8, 4) is 0 Å². The van der Waals surface area contributed by atoms with Crippen LogP contribution >= 0.6 is 0 Å². The molecule has 0 atom stereocenters. The SMILES string of the molecule is C=CCOCC1CCC(C2CCC(CCCCCCC)CC2)CC1. The van der Waals surface area contributed by atoms with Gasteiger partial charge in [0.25, 0.3) is 0 Å². The summed E-state index contributed by atoms with van der Waals surface area (Å²) in [7, 11) is 0. The fourth-order valence-corrected chi connectivity index (χ4v) is 5.13. The van der Waals surface area contributed by atoms with Gasteiger partial charge in [0.1, 0.15) is 0 Å². The highest BCUT2D eigenvalue weighted by Gasteiger charge is 2.30. The minimum atomic E-state index is 0.725. The van der Waals surface area contributed by atoms with Crippen molar-refractivity contribution in [2.45, 2.75) is 96.8 Å². The summed E-state index contributed by atoms with van der Waals surface area (Å²) in [6, 6.07) is 0. The average molecular weight is 335 g/mol. The largest absolute Gasteiger partial charge is 0.377 e. The molecule has 24 heavy (non-hydrogen) atoms. The molecule has 0 radical (unpaired) electrons. The van der Waals surface area contributed by atoms with Crippen LogP contribution in [0.2, 0.25) is 0 Å². The van der Waals surface area contributed by atoms with Crippen LogP contribution in [0.4, 0.5) is 0 Å². The molecule has 0 unspecified atom stereocenters. The molecule has 2 aliphatic carbocycles. The van der Waals surface area contributed by atoms with E-state index in [1.54, 1.807) is 0 Å². The fraction of sp³-hybridized carbons (Fsp3) is 0.913. The highest BCUT2D eigenvalue weighted by molar-refractivity contribution is 4.82. The molecule has 0 N–H and O–H groups in total. The van der Waals surface area contributed by atoms with Gasteiger partial charge >= 0.3 is 0 Å². The molecule has 0 heterocycles. The molecule has 0 aromatic carbocycles. The van der Waals surface area contributed by atoms with E-state index in [0.29, 0.717) is 0 Å². The Kier molecular flexibility index (Phi) is 10.1. The summed E-state index contributed by atoms with van der Waals surface area (Å²) in [5.41, 5.74) is 0. The number of hydrogen-bond donors (Lipinski definition) is 0. The molecular weight excluding hydrogens is 292 g/mol. The van der Waals surface area contributed by atoms with Crippen molar-refractivity contribution >= 4 is 0 Å². The minimum absolute atomic E-state index is 0.725. The van der Waals surface area contributed by atoms with E-state index in [1.165, 1.54) is 89.9 Å². The predicted molar refractivity (Wildman–Crippen MR) is 105 cm³/mol. The van der Waals surface area contributed by atoms with Crippen molar-refractivity contribution in [3.63, 3.8) is 0 Å². The molecule has 0 aliphatic heterocycles. The van der Waals surface area contributed by atoms with Gasteiger partial charge in [-0.15, -0.1) is 6.58 Å². The first kappa shape index (κ1) is 20.0. The highest BCUT2D eigenvalue weighted by Crippen LogP contribution is 2.42. The molecule has 140 valence electrons. The van der Waals surface area contributed by atoms with Gasteiger partial charge in [-0.1, -0.05) is 64.4 Å². The molecule has 2 saturated carbocycles. The van der Waals surface area contributed by atoms with Gasteiger partial charge < -0.3 is 4.74 Å². The Morgan fingerprint density at radius 3 is 1.96 bits per heavy atom. The first-order chi connectivity index (χ1) is 11.8. The van der Waals surface area contributed by atoms with Crippen LogP contribution in [0, 0.1) is 23.7 Å². The zero-order valence-corrected chi connectivity index (χ0v) is 16.3. The molecule has 2 aliphatic rings. The number of hydrogen-bond acceptors (Lipinski definition) is 1. The Morgan fingerprint density at radius 1 is 0.792 bits per heavy atom. The topological polar surface area (TPSA) is 9.23 Å². The Morgan fingerprint density at radius 2 is 1.38 bits per heavy atom. The van der Waals surface area contributed by atoms with Gasteiger partial charge in [-0.05, 0) is 62.2 Å². The molecular formula is C23H42O. The summed E-state index contributed by atoms with van der Waals surface area (Å²) >= 11 is 0. The molecule has 2 rings (SSSR count). The quantitative estimate of drug-likeness (QED) is 0.287. The summed E-state index contributed by atoms with van der Waals surface area (Å²) in [4.78, 5) is 0. The van der Waals surface area contributed by atoms with Gasteiger partial charge in [0.2, 0.25) is 0 Å². The van der Waals surface area contributed by atoms with Gasteiger partial charge in [-0.3, -0.25) is 0 Å². The molecule has 0 bridgehead atoms. The van der Waals surface area contributed by atoms with Crippen LogP contribution in [0.1, 0.15) is 96.8 Å². The smallest absolute Gasteiger partial charge is 0.0644 e. The summed E-state index contributed by atoms with van der Waals surface area (Å²) < 4.78 is 5.66.